The first-order valence-electron chi connectivity index (χ1n) is 7.59. The third-order valence-electron chi connectivity index (χ3n) is 4.38. The number of amides is 1. The van der Waals surface area contributed by atoms with E-state index in [9.17, 15) is 23.5 Å². The number of rotatable bonds is 3. The lowest BCUT2D eigenvalue weighted by Crippen LogP contribution is -2.30. The van der Waals surface area contributed by atoms with Gasteiger partial charge in [0.2, 0.25) is 0 Å². The van der Waals surface area contributed by atoms with E-state index in [1.54, 1.807) is 0 Å². The van der Waals surface area contributed by atoms with Crippen LogP contribution in [0.4, 0.5) is 8.78 Å². The Kier molecular flexibility index (Phi) is 4.72. The zero-order valence-electron chi connectivity index (χ0n) is 13.0. The molecule has 7 heteroatoms. The van der Waals surface area contributed by atoms with E-state index in [2.05, 4.69) is 0 Å². The molecule has 4 nitrogen and oxygen atoms in total. The molecule has 1 fully saturated rings. The van der Waals surface area contributed by atoms with Crippen molar-refractivity contribution in [2.45, 2.75) is 5.92 Å². The number of aliphatic carboxylic acids is 1. The van der Waals surface area contributed by atoms with Crippen LogP contribution >= 0.6 is 11.6 Å². The van der Waals surface area contributed by atoms with Gasteiger partial charge in [-0.15, -0.1) is 0 Å². The van der Waals surface area contributed by atoms with Gasteiger partial charge in [0.15, 0.2) is 0 Å². The van der Waals surface area contributed by atoms with Gasteiger partial charge in [0.05, 0.1) is 11.5 Å². The second kappa shape index (κ2) is 6.80. The number of carboxylic acid groups (broad SMARTS) is 1. The molecule has 2 aromatic carbocycles. The van der Waals surface area contributed by atoms with Gasteiger partial charge >= 0.3 is 5.97 Å². The number of nitrogens with zero attached hydrogens (tertiary/aromatic N) is 1. The minimum Gasteiger partial charge on any atom is -0.481 e. The predicted octanol–water partition coefficient (Wildman–Crippen LogP) is 3.56. The summed E-state index contributed by atoms with van der Waals surface area (Å²) in [6, 6.07) is 9.15. The highest BCUT2D eigenvalue weighted by Gasteiger charge is 2.41. The van der Waals surface area contributed by atoms with Crippen molar-refractivity contribution in [2.75, 3.05) is 13.1 Å². The standard InChI is InChI=1S/C18H14ClF2NO3/c19-11-3-6-16(21)13(7-11)17(23)22-8-14(15(9-22)18(24)25)10-1-4-12(20)5-2-10/h1-7,14-15H,8-9H2,(H,24,25)/t14-,15+/m0/s1. The van der Waals surface area contributed by atoms with E-state index < -0.39 is 35.3 Å². The number of halogens is 3. The highest BCUT2D eigenvalue weighted by atomic mass is 35.5. The number of carboxylic acids is 1. The van der Waals surface area contributed by atoms with E-state index in [1.807, 2.05) is 0 Å². The van der Waals surface area contributed by atoms with Crippen molar-refractivity contribution in [3.8, 4) is 0 Å². The number of carbonyl (C=O) groups excluding carboxylic acids is 1. The van der Waals surface area contributed by atoms with Crippen LogP contribution in [0.3, 0.4) is 0 Å². The van der Waals surface area contributed by atoms with Crippen molar-refractivity contribution >= 4 is 23.5 Å². The fourth-order valence-corrected chi connectivity index (χ4v) is 3.27. The Balaban J connectivity index is 1.89. The maximum Gasteiger partial charge on any atom is 0.308 e. The van der Waals surface area contributed by atoms with Crippen LogP contribution in [-0.4, -0.2) is 35.0 Å². The third-order valence-corrected chi connectivity index (χ3v) is 4.62. The summed E-state index contributed by atoms with van der Waals surface area (Å²) in [7, 11) is 0. The van der Waals surface area contributed by atoms with Gasteiger partial charge in [0.25, 0.3) is 5.91 Å². The SMILES string of the molecule is O=C(O)[C@@H]1CN(C(=O)c2cc(Cl)ccc2F)C[C@H]1c1ccc(F)cc1. The normalized spacial score (nSPS) is 19.9. The summed E-state index contributed by atoms with van der Waals surface area (Å²) in [6.07, 6.45) is 0. The fourth-order valence-electron chi connectivity index (χ4n) is 3.10. The maximum atomic E-state index is 13.9. The van der Waals surface area contributed by atoms with Gasteiger partial charge in [0.1, 0.15) is 11.6 Å². The minimum atomic E-state index is -1.06. The van der Waals surface area contributed by atoms with Crippen LogP contribution in [0.15, 0.2) is 42.5 Å². The Morgan fingerprint density at radius 2 is 1.76 bits per heavy atom. The monoisotopic (exact) mass is 365 g/mol. The molecule has 0 saturated carbocycles. The van der Waals surface area contributed by atoms with E-state index >= 15 is 0 Å². The van der Waals surface area contributed by atoms with Crippen molar-refractivity contribution in [3.05, 3.63) is 70.2 Å². The Bertz CT molecular complexity index is 826. The maximum absolute atomic E-state index is 13.9. The molecule has 2 atom stereocenters. The van der Waals surface area contributed by atoms with Crippen LogP contribution in [-0.2, 0) is 4.79 Å². The number of carbonyl (C=O) groups is 2. The summed E-state index contributed by atoms with van der Waals surface area (Å²) in [5.41, 5.74) is 0.423. The molecule has 3 rings (SSSR count). The second-order valence-corrected chi connectivity index (χ2v) is 6.37. The lowest BCUT2D eigenvalue weighted by atomic mass is 9.89. The molecular weight excluding hydrogens is 352 g/mol. The Hall–Kier alpha value is -2.47. The van der Waals surface area contributed by atoms with Gasteiger partial charge in [-0.25, -0.2) is 8.78 Å². The number of hydrogen-bond donors (Lipinski definition) is 1. The van der Waals surface area contributed by atoms with Gasteiger partial charge < -0.3 is 10.0 Å². The van der Waals surface area contributed by atoms with Crippen molar-refractivity contribution in [1.29, 1.82) is 0 Å². The first-order valence-corrected chi connectivity index (χ1v) is 7.97. The molecule has 0 aromatic heterocycles. The largest absolute Gasteiger partial charge is 0.481 e. The summed E-state index contributed by atoms with van der Waals surface area (Å²) in [4.78, 5) is 25.5. The number of hydrogen-bond acceptors (Lipinski definition) is 2. The molecule has 1 heterocycles. The lowest BCUT2D eigenvalue weighted by molar-refractivity contribution is -0.141. The molecular formula is C18H14ClF2NO3. The zero-order valence-corrected chi connectivity index (χ0v) is 13.7. The van der Waals surface area contributed by atoms with E-state index in [0.29, 0.717) is 5.56 Å². The molecule has 0 radical (unpaired) electrons. The number of benzene rings is 2. The van der Waals surface area contributed by atoms with Gasteiger partial charge in [-0.1, -0.05) is 23.7 Å². The summed E-state index contributed by atoms with van der Waals surface area (Å²) >= 11 is 5.82. The summed E-state index contributed by atoms with van der Waals surface area (Å²) in [5.74, 6) is -4.16. The second-order valence-electron chi connectivity index (χ2n) is 5.94. The van der Waals surface area contributed by atoms with Gasteiger partial charge in [-0.3, -0.25) is 9.59 Å². The Labute approximate surface area is 147 Å². The molecule has 1 saturated heterocycles. The van der Waals surface area contributed by atoms with Crippen molar-refractivity contribution in [3.63, 3.8) is 0 Å². The van der Waals surface area contributed by atoms with Crippen LogP contribution < -0.4 is 0 Å². The third kappa shape index (κ3) is 3.49. The van der Waals surface area contributed by atoms with E-state index in [4.69, 9.17) is 11.6 Å². The molecule has 1 N–H and O–H groups in total. The van der Waals surface area contributed by atoms with Crippen LogP contribution in [0.25, 0.3) is 0 Å². The summed E-state index contributed by atoms with van der Waals surface area (Å²) in [6.45, 7) is 0.0511. The Morgan fingerprint density at radius 3 is 2.40 bits per heavy atom. The highest BCUT2D eigenvalue weighted by molar-refractivity contribution is 6.31. The van der Waals surface area contributed by atoms with Crippen molar-refractivity contribution < 1.29 is 23.5 Å². The van der Waals surface area contributed by atoms with Crippen molar-refractivity contribution in [1.82, 2.24) is 4.90 Å². The predicted molar refractivity (Wildman–Crippen MR) is 87.6 cm³/mol. The summed E-state index contributed by atoms with van der Waals surface area (Å²) in [5, 5.41) is 9.68. The van der Waals surface area contributed by atoms with Crippen molar-refractivity contribution in [2.24, 2.45) is 5.92 Å². The fraction of sp³-hybridized carbons (Fsp3) is 0.222. The molecule has 0 bridgehead atoms. The van der Waals surface area contributed by atoms with E-state index in [0.717, 1.165) is 6.07 Å². The molecule has 1 amide bonds. The van der Waals surface area contributed by atoms with Crippen LogP contribution in [0.2, 0.25) is 5.02 Å². The van der Waals surface area contributed by atoms with Crippen LogP contribution in [0.5, 0.6) is 0 Å². The first kappa shape index (κ1) is 17.4. The van der Waals surface area contributed by atoms with Crippen LogP contribution in [0.1, 0.15) is 21.8 Å². The van der Waals surface area contributed by atoms with Crippen LogP contribution in [0, 0.1) is 17.6 Å². The molecule has 0 aliphatic carbocycles. The molecule has 1 aliphatic heterocycles. The quantitative estimate of drug-likeness (QED) is 0.904. The molecule has 0 unspecified atom stereocenters. The topological polar surface area (TPSA) is 57.6 Å². The van der Waals surface area contributed by atoms with Gasteiger partial charge in [-0.05, 0) is 35.9 Å². The smallest absolute Gasteiger partial charge is 0.308 e. The highest BCUT2D eigenvalue weighted by Crippen LogP contribution is 2.34. The van der Waals surface area contributed by atoms with Gasteiger partial charge in [-0.2, -0.15) is 0 Å². The Morgan fingerprint density at radius 1 is 1.08 bits per heavy atom. The lowest BCUT2D eigenvalue weighted by Gasteiger charge is -2.17. The molecule has 0 spiro atoms. The molecule has 130 valence electrons. The average Bonchev–Trinajstić information content (AvgIpc) is 3.02. The van der Waals surface area contributed by atoms with E-state index in [1.165, 1.54) is 41.3 Å². The zero-order chi connectivity index (χ0) is 18.1. The first-order chi connectivity index (χ1) is 11.9. The van der Waals surface area contributed by atoms with E-state index in [-0.39, 0.29) is 23.7 Å². The molecule has 25 heavy (non-hydrogen) atoms. The number of likely N-dealkylation sites (tertiary alicyclic amines) is 1. The average molecular weight is 366 g/mol. The molecule has 2 aromatic rings. The van der Waals surface area contributed by atoms with Gasteiger partial charge in [0, 0.05) is 24.0 Å². The summed E-state index contributed by atoms with van der Waals surface area (Å²) < 4.78 is 27.0. The minimum absolute atomic E-state index is 0.0534. The molecule has 1 aliphatic rings.